The van der Waals surface area contributed by atoms with Gasteiger partial charge in [0.15, 0.2) is 5.16 Å². The minimum Gasteiger partial charge on any atom is -0.274 e. The van der Waals surface area contributed by atoms with Gasteiger partial charge in [-0.2, -0.15) is 0 Å². The average Bonchev–Trinajstić information content (AvgIpc) is 3.02. The van der Waals surface area contributed by atoms with Crippen molar-refractivity contribution in [3.05, 3.63) is 80.6 Å². The van der Waals surface area contributed by atoms with Crippen LogP contribution in [0.5, 0.6) is 0 Å². The second-order valence-electron chi connectivity index (χ2n) is 6.78. The van der Waals surface area contributed by atoms with Crippen LogP contribution in [0.4, 0.5) is 0 Å². The Morgan fingerprint density at radius 1 is 1.07 bits per heavy atom. The highest BCUT2D eigenvalue weighted by Gasteiger charge is 2.23. The smallest absolute Gasteiger partial charge is 0.220 e. The molecular weight excluding hydrogens is 396 g/mol. The third-order valence-corrected chi connectivity index (χ3v) is 5.85. The van der Waals surface area contributed by atoms with E-state index in [0.29, 0.717) is 21.9 Å². The summed E-state index contributed by atoms with van der Waals surface area (Å²) in [6.45, 7) is 5.90. The number of halogens is 1. The number of nitrogens with zero attached hydrogens (tertiary/aromatic N) is 4. The van der Waals surface area contributed by atoms with Crippen molar-refractivity contribution in [2.75, 3.05) is 6.54 Å². The molecule has 28 heavy (non-hydrogen) atoms. The van der Waals surface area contributed by atoms with Crippen LogP contribution in [0.25, 0.3) is 5.69 Å². The highest BCUT2D eigenvalue weighted by molar-refractivity contribution is 7.99. The highest BCUT2D eigenvalue weighted by atomic mass is 35.5. The van der Waals surface area contributed by atoms with Gasteiger partial charge in [0.05, 0.1) is 0 Å². The summed E-state index contributed by atoms with van der Waals surface area (Å²) in [6.07, 6.45) is 0. The van der Waals surface area contributed by atoms with Crippen molar-refractivity contribution in [2.45, 2.75) is 37.1 Å². The summed E-state index contributed by atoms with van der Waals surface area (Å²) in [5, 5.41) is 20.6. The SMILES string of the molecule is Cc1nnc(S[C@H](C[N+](=O)[O-])c2ccc(C(C)C)cc2)n1-c1ccc(Cl)cc1. The number of nitro groups is 1. The van der Waals surface area contributed by atoms with Crippen molar-refractivity contribution < 1.29 is 4.92 Å². The van der Waals surface area contributed by atoms with Gasteiger partial charge in [0, 0.05) is 15.6 Å². The Balaban J connectivity index is 1.94. The van der Waals surface area contributed by atoms with E-state index in [-0.39, 0.29) is 16.7 Å². The van der Waals surface area contributed by atoms with Gasteiger partial charge in [-0.15, -0.1) is 10.2 Å². The van der Waals surface area contributed by atoms with E-state index in [2.05, 4.69) is 24.0 Å². The van der Waals surface area contributed by atoms with Crippen molar-refractivity contribution in [1.82, 2.24) is 14.8 Å². The molecule has 0 N–H and O–H groups in total. The molecule has 3 aromatic rings. The van der Waals surface area contributed by atoms with E-state index in [1.807, 2.05) is 47.9 Å². The molecule has 0 spiro atoms. The van der Waals surface area contributed by atoms with Crippen LogP contribution in [0, 0.1) is 17.0 Å². The molecule has 0 saturated carbocycles. The first kappa shape index (κ1) is 20.4. The minimum atomic E-state index is -0.370. The van der Waals surface area contributed by atoms with E-state index >= 15 is 0 Å². The first-order valence-electron chi connectivity index (χ1n) is 8.91. The lowest BCUT2D eigenvalue weighted by molar-refractivity contribution is -0.479. The Morgan fingerprint density at radius 3 is 2.25 bits per heavy atom. The van der Waals surface area contributed by atoms with E-state index in [1.54, 1.807) is 12.1 Å². The number of benzene rings is 2. The summed E-state index contributed by atoms with van der Waals surface area (Å²) >= 11 is 7.33. The standard InChI is InChI=1S/C20H21ClN4O2S/c1-13(2)15-4-6-16(7-5-15)19(12-24(26)27)28-20-23-22-14(3)25(20)18-10-8-17(21)9-11-18/h4-11,13,19H,12H2,1-3H3/t19-/m1/s1. The number of aryl methyl sites for hydroxylation is 1. The molecule has 2 aromatic carbocycles. The first-order chi connectivity index (χ1) is 13.3. The van der Waals surface area contributed by atoms with Crippen LogP contribution in [0.15, 0.2) is 53.7 Å². The molecule has 146 valence electrons. The molecule has 1 aromatic heterocycles. The maximum Gasteiger partial charge on any atom is 0.220 e. The topological polar surface area (TPSA) is 73.8 Å². The van der Waals surface area contributed by atoms with Crippen molar-refractivity contribution in [3.8, 4) is 5.69 Å². The number of thioether (sulfide) groups is 1. The Kier molecular flexibility index (Phi) is 6.36. The fraction of sp³-hybridized carbons (Fsp3) is 0.300. The van der Waals surface area contributed by atoms with Crippen LogP contribution in [0.1, 0.15) is 42.0 Å². The summed E-state index contributed by atoms with van der Waals surface area (Å²) in [4.78, 5) is 11.0. The minimum absolute atomic E-state index is 0.196. The molecule has 3 rings (SSSR count). The zero-order valence-electron chi connectivity index (χ0n) is 15.9. The van der Waals surface area contributed by atoms with E-state index in [0.717, 1.165) is 11.3 Å². The summed E-state index contributed by atoms with van der Waals surface area (Å²) in [5.74, 6) is 1.12. The van der Waals surface area contributed by atoms with E-state index < -0.39 is 0 Å². The predicted octanol–water partition coefficient (Wildman–Crippen LogP) is 5.46. The van der Waals surface area contributed by atoms with Gasteiger partial charge in [-0.25, -0.2) is 0 Å². The van der Waals surface area contributed by atoms with Crippen molar-refractivity contribution in [1.29, 1.82) is 0 Å². The maximum absolute atomic E-state index is 11.3. The molecule has 0 bridgehead atoms. The lowest BCUT2D eigenvalue weighted by atomic mass is 10.0. The third kappa shape index (κ3) is 4.72. The first-order valence-corrected chi connectivity index (χ1v) is 10.2. The number of hydrogen-bond acceptors (Lipinski definition) is 5. The number of rotatable bonds is 7. The van der Waals surface area contributed by atoms with Gasteiger partial charge < -0.3 is 0 Å². The zero-order chi connectivity index (χ0) is 20.3. The monoisotopic (exact) mass is 416 g/mol. The van der Waals surface area contributed by atoms with Gasteiger partial charge in [-0.05, 0) is 48.2 Å². The molecule has 1 heterocycles. The molecule has 0 fully saturated rings. The zero-order valence-corrected chi connectivity index (χ0v) is 17.4. The van der Waals surface area contributed by atoms with Crippen LogP contribution in [-0.4, -0.2) is 26.2 Å². The Morgan fingerprint density at radius 2 is 1.68 bits per heavy atom. The van der Waals surface area contributed by atoms with Crippen LogP contribution < -0.4 is 0 Å². The molecule has 6 nitrogen and oxygen atoms in total. The number of hydrogen-bond donors (Lipinski definition) is 0. The lowest BCUT2D eigenvalue weighted by Crippen LogP contribution is -2.11. The third-order valence-electron chi connectivity index (χ3n) is 4.42. The summed E-state index contributed by atoms with van der Waals surface area (Å²) in [7, 11) is 0. The van der Waals surface area contributed by atoms with Gasteiger partial charge in [0.1, 0.15) is 11.1 Å². The van der Waals surface area contributed by atoms with Crippen LogP contribution in [0.3, 0.4) is 0 Å². The fourth-order valence-electron chi connectivity index (χ4n) is 2.88. The van der Waals surface area contributed by atoms with Gasteiger partial charge in [0.25, 0.3) is 0 Å². The van der Waals surface area contributed by atoms with E-state index in [4.69, 9.17) is 11.6 Å². The Bertz CT molecular complexity index is 955. The predicted molar refractivity (Wildman–Crippen MR) is 112 cm³/mol. The van der Waals surface area contributed by atoms with Gasteiger partial charge in [-0.3, -0.25) is 14.7 Å². The molecule has 0 unspecified atom stereocenters. The number of aromatic nitrogens is 3. The maximum atomic E-state index is 11.3. The largest absolute Gasteiger partial charge is 0.274 e. The lowest BCUT2D eigenvalue weighted by Gasteiger charge is -2.15. The molecule has 1 atom stereocenters. The summed E-state index contributed by atoms with van der Waals surface area (Å²) < 4.78 is 1.89. The second kappa shape index (κ2) is 8.75. The van der Waals surface area contributed by atoms with Gasteiger partial charge in [-0.1, -0.05) is 61.5 Å². The highest BCUT2D eigenvalue weighted by Crippen LogP contribution is 2.36. The molecule has 0 aliphatic heterocycles. The molecule has 0 saturated heterocycles. The normalized spacial score (nSPS) is 12.3. The van der Waals surface area contributed by atoms with Gasteiger partial charge >= 0.3 is 0 Å². The van der Waals surface area contributed by atoms with E-state index in [9.17, 15) is 10.1 Å². The Hall–Kier alpha value is -2.38. The summed E-state index contributed by atoms with van der Waals surface area (Å²) in [5.41, 5.74) is 2.97. The van der Waals surface area contributed by atoms with Crippen molar-refractivity contribution >= 4 is 23.4 Å². The van der Waals surface area contributed by atoms with E-state index in [1.165, 1.54) is 17.3 Å². The molecule has 0 aliphatic rings. The summed E-state index contributed by atoms with van der Waals surface area (Å²) in [6, 6.07) is 15.3. The second-order valence-corrected chi connectivity index (χ2v) is 8.39. The molecule has 0 aliphatic carbocycles. The van der Waals surface area contributed by atoms with Crippen LogP contribution in [-0.2, 0) is 0 Å². The molecule has 0 radical (unpaired) electrons. The van der Waals surface area contributed by atoms with Crippen molar-refractivity contribution in [2.24, 2.45) is 0 Å². The van der Waals surface area contributed by atoms with Crippen LogP contribution >= 0.6 is 23.4 Å². The average molecular weight is 417 g/mol. The quantitative estimate of drug-likeness (QED) is 0.290. The van der Waals surface area contributed by atoms with Crippen LogP contribution in [0.2, 0.25) is 5.02 Å². The Labute approximate surface area is 173 Å². The molecular formula is C20H21ClN4O2S. The molecule has 8 heteroatoms. The molecule has 0 amide bonds. The van der Waals surface area contributed by atoms with Gasteiger partial charge in [0.2, 0.25) is 6.54 Å². The van der Waals surface area contributed by atoms with Crippen molar-refractivity contribution in [3.63, 3.8) is 0 Å². The fourth-order valence-corrected chi connectivity index (χ4v) is 4.18.